The lowest BCUT2D eigenvalue weighted by Crippen LogP contribution is -2.56. The summed E-state index contributed by atoms with van der Waals surface area (Å²) in [5.41, 5.74) is 0. The van der Waals surface area contributed by atoms with Gasteiger partial charge in [-0.05, 0) is 38.8 Å². The van der Waals surface area contributed by atoms with Gasteiger partial charge in [-0.15, -0.1) is 24.0 Å². The van der Waals surface area contributed by atoms with E-state index in [1.165, 1.54) is 25.8 Å². The molecule has 1 N–H and O–H groups in total. The van der Waals surface area contributed by atoms with Gasteiger partial charge in [0, 0.05) is 52.4 Å². The maximum absolute atomic E-state index is 12.5. The van der Waals surface area contributed by atoms with E-state index in [0.29, 0.717) is 6.04 Å². The molecule has 7 nitrogen and oxygen atoms in total. The number of carbonyl (C=O) groups excluding carboxylic acids is 1. The van der Waals surface area contributed by atoms with Gasteiger partial charge < -0.3 is 19.9 Å². The van der Waals surface area contributed by atoms with Crippen LogP contribution in [0.5, 0.6) is 0 Å². The standard InChI is InChI=1S/C19H35N5O2.HI/c1-3-22-9-5-4-7-16(22)15-21-19(20-2)24-12-10-23(11-13-24)18(25)17-8-6-14-26-17;/h16-17H,3-15H2,1-2H3,(H,20,21);1H. The fourth-order valence-electron chi connectivity index (χ4n) is 4.36. The van der Waals surface area contributed by atoms with E-state index in [-0.39, 0.29) is 36.0 Å². The van der Waals surface area contributed by atoms with Crippen molar-refractivity contribution < 1.29 is 9.53 Å². The summed E-state index contributed by atoms with van der Waals surface area (Å²) in [4.78, 5) is 23.8. The molecular weight excluding hydrogens is 457 g/mol. The van der Waals surface area contributed by atoms with E-state index < -0.39 is 0 Å². The predicted octanol–water partition coefficient (Wildman–Crippen LogP) is 1.38. The summed E-state index contributed by atoms with van der Waals surface area (Å²) in [5.74, 6) is 1.14. The fourth-order valence-corrected chi connectivity index (χ4v) is 4.36. The average molecular weight is 493 g/mol. The number of piperidine rings is 1. The maximum atomic E-state index is 12.5. The Morgan fingerprint density at radius 2 is 1.81 bits per heavy atom. The number of nitrogens with one attached hydrogen (secondary N) is 1. The van der Waals surface area contributed by atoms with Crippen molar-refractivity contribution in [3.63, 3.8) is 0 Å². The minimum Gasteiger partial charge on any atom is -0.368 e. The molecule has 156 valence electrons. The molecule has 8 heteroatoms. The number of carbonyl (C=O) groups is 1. The summed E-state index contributed by atoms with van der Waals surface area (Å²) in [6, 6.07) is 0.605. The number of piperazine rings is 1. The highest BCUT2D eigenvalue weighted by Crippen LogP contribution is 2.17. The van der Waals surface area contributed by atoms with Crippen LogP contribution in [-0.4, -0.2) is 98.2 Å². The molecule has 2 unspecified atom stereocenters. The molecule has 0 saturated carbocycles. The monoisotopic (exact) mass is 493 g/mol. The largest absolute Gasteiger partial charge is 0.368 e. The van der Waals surface area contributed by atoms with E-state index in [0.717, 1.165) is 64.7 Å². The van der Waals surface area contributed by atoms with E-state index in [4.69, 9.17) is 4.74 Å². The van der Waals surface area contributed by atoms with Crippen LogP contribution in [-0.2, 0) is 9.53 Å². The van der Waals surface area contributed by atoms with Crippen LogP contribution in [0.25, 0.3) is 0 Å². The second-order valence-electron chi connectivity index (χ2n) is 7.52. The van der Waals surface area contributed by atoms with E-state index in [1.807, 2.05) is 11.9 Å². The Hall–Kier alpha value is -0.610. The average Bonchev–Trinajstić information content (AvgIpc) is 3.23. The van der Waals surface area contributed by atoms with Gasteiger partial charge in [0.1, 0.15) is 6.10 Å². The zero-order valence-corrected chi connectivity index (χ0v) is 19.2. The number of guanidine groups is 1. The minimum absolute atomic E-state index is 0. The van der Waals surface area contributed by atoms with Crippen LogP contribution in [0.15, 0.2) is 4.99 Å². The lowest BCUT2D eigenvalue weighted by atomic mass is 10.0. The van der Waals surface area contributed by atoms with Crippen molar-refractivity contribution in [3.05, 3.63) is 0 Å². The molecule has 0 radical (unpaired) electrons. The Morgan fingerprint density at radius 3 is 2.44 bits per heavy atom. The van der Waals surface area contributed by atoms with Crippen LogP contribution in [0.1, 0.15) is 39.0 Å². The number of hydrogen-bond acceptors (Lipinski definition) is 4. The Morgan fingerprint density at radius 1 is 1.07 bits per heavy atom. The minimum atomic E-state index is -0.203. The number of likely N-dealkylation sites (N-methyl/N-ethyl adjacent to an activating group) is 1. The summed E-state index contributed by atoms with van der Waals surface area (Å²) in [5, 5.41) is 3.58. The Bertz CT molecular complexity index is 490. The van der Waals surface area contributed by atoms with Crippen LogP contribution in [0.4, 0.5) is 0 Å². The summed E-state index contributed by atoms with van der Waals surface area (Å²) < 4.78 is 5.54. The van der Waals surface area contributed by atoms with Crippen molar-refractivity contribution in [2.24, 2.45) is 4.99 Å². The first-order valence-electron chi connectivity index (χ1n) is 10.3. The zero-order valence-electron chi connectivity index (χ0n) is 16.9. The third-order valence-electron chi connectivity index (χ3n) is 5.96. The van der Waals surface area contributed by atoms with Crippen molar-refractivity contribution in [2.75, 3.05) is 59.5 Å². The normalized spacial score (nSPS) is 27.4. The molecule has 2 atom stereocenters. The van der Waals surface area contributed by atoms with Gasteiger partial charge in [0.05, 0.1) is 0 Å². The molecule has 0 aromatic rings. The number of rotatable bonds is 4. The van der Waals surface area contributed by atoms with E-state index in [1.54, 1.807) is 0 Å². The van der Waals surface area contributed by atoms with Crippen LogP contribution in [0, 0.1) is 0 Å². The van der Waals surface area contributed by atoms with Crippen molar-refractivity contribution in [3.8, 4) is 0 Å². The summed E-state index contributed by atoms with van der Waals surface area (Å²) >= 11 is 0. The third-order valence-corrected chi connectivity index (χ3v) is 5.96. The highest BCUT2D eigenvalue weighted by atomic mass is 127. The topological polar surface area (TPSA) is 60.4 Å². The van der Waals surface area contributed by atoms with Gasteiger partial charge in [-0.1, -0.05) is 13.3 Å². The Labute approximate surface area is 180 Å². The maximum Gasteiger partial charge on any atom is 0.251 e. The SMILES string of the molecule is CCN1CCCCC1CNC(=NC)N1CCN(C(=O)C2CCCO2)CC1.I. The lowest BCUT2D eigenvalue weighted by molar-refractivity contribution is -0.142. The molecular formula is C19H36IN5O2. The highest BCUT2D eigenvalue weighted by Gasteiger charge is 2.31. The summed E-state index contributed by atoms with van der Waals surface area (Å²) in [6.07, 6.45) is 5.58. The number of ether oxygens (including phenoxy) is 1. The van der Waals surface area contributed by atoms with E-state index in [9.17, 15) is 4.79 Å². The van der Waals surface area contributed by atoms with Crippen molar-refractivity contribution in [2.45, 2.75) is 51.2 Å². The number of nitrogens with zero attached hydrogens (tertiary/aromatic N) is 4. The van der Waals surface area contributed by atoms with Gasteiger partial charge in [0.25, 0.3) is 5.91 Å². The molecule has 27 heavy (non-hydrogen) atoms. The van der Waals surface area contributed by atoms with Crippen molar-refractivity contribution >= 4 is 35.8 Å². The van der Waals surface area contributed by atoms with Gasteiger partial charge in [0.2, 0.25) is 0 Å². The smallest absolute Gasteiger partial charge is 0.251 e. The molecule has 0 aromatic carbocycles. The van der Waals surface area contributed by atoms with Gasteiger partial charge in [-0.3, -0.25) is 14.7 Å². The van der Waals surface area contributed by atoms with Gasteiger partial charge in [-0.2, -0.15) is 0 Å². The Kier molecular flexibility index (Phi) is 9.58. The van der Waals surface area contributed by atoms with Gasteiger partial charge in [-0.25, -0.2) is 0 Å². The van der Waals surface area contributed by atoms with E-state index >= 15 is 0 Å². The molecule has 3 fully saturated rings. The molecule has 3 heterocycles. The molecule has 0 spiro atoms. The summed E-state index contributed by atoms with van der Waals surface area (Å²) in [6.45, 7) is 9.44. The highest BCUT2D eigenvalue weighted by molar-refractivity contribution is 14.0. The van der Waals surface area contributed by atoms with Crippen LogP contribution in [0.3, 0.4) is 0 Å². The molecule has 3 rings (SSSR count). The number of amides is 1. The number of aliphatic imine (C=N–C) groups is 1. The first-order valence-corrected chi connectivity index (χ1v) is 10.3. The van der Waals surface area contributed by atoms with Crippen molar-refractivity contribution in [1.82, 2.24) is 20.0 Å². The first kappa shape index (κ1) is 22.7. The second kappa shape index (κ2) is 11.4. The van der Waals surface area contributed by atoms with Crippen molar-refractivity contribution in [1.29, 1.82) is 0 Å². The number of halogens is 1. The molecule has 3 aliphatic heterocycles. The van der Waals surface area contributed by atoms with Crippen LogP contribution >= 0.6 is 24.0 Å². The van der Waals surface area contributed by atoms with Crippen LogP contribution in [0.2, 0.25) is 0 Å². The quantitative estimate of drug-likeness (QED) is 0.365. The number of likely N-dealkylation sites (tertiary alicyclic amines) is 1. The molecule has 3 saturated heterocycles. The molecule has 0 aliphatic carbocycles. The second-order valence-corrected chi connectivity index (χ2v) is 7.52. The van der Waals surface area contributed by atoms with Crippen LogP contribution < -0.4 is 5.32 Å². The first-order chi connectivity index (χ1) is 12.7. The Balaban J connectivity index is 0.00000261. The van der Waals surface area contributed by atoms with Gasteiger partial charge >= 0.3 is 0 Å². The molecule has 0 bridgehead atoms. The molecule has 3 aliphatic rings. The lowest BCUT2D eigenvalue weighted by Gasteiger charge is -2.39. The third kappa shape index (κ3) is 5.93. The fraction of sp³-hybridized carbons (Fsp3) is 0.895. The number of hydrogen-bond donors (Lipinski definition) is 1. The van der Waals surface area contributed by atoms with Gasteiger partial charge in [0.15, 0.2) is 5.96 Å². The summed E-state index contributed by atoms with van der Waals surface area (Å²) in [7, 11) is 1.85. The molecule has 1 amide bonds. The molecule has 0 aromatic heterocycles. The zero-order chi connectivity index (χ0) is 18.4. The van der Waals surface area contributed by atoms with E-state index in [2.05, 4.69) is 27.0 Å². The predicted molar refractivity (Wildman–Crippen MR) is 119 cm³/mol.